The lowest BCUT2D eigenvalue weighted by Gasteiger charge is -2.11. The molecule has 1 aromatic carbocycles. The molecule has 2 atom stereocenters. The first-order valence-electron chi connectivity index (χ1n) is 5.22. The fourth-order valence-electron chi connectivity index (χ4n) is 1.33. The number of hydrogen-bond donors (Lipinski definition) is 0. The highest BCUT2D eigenvalue weighted by molar-refractivity contribution is 7.94. The zero-order chi connectivity index (χ0) is 15.0. The van der Waals surface area contributed by atoms with E-state index >= 15 is 0 Å². The topological polar surface area (TPSA) is 68.3 Å². The molecule has 107 valence electrons. The maximum atomic E-state index is 11.9. The number of rotatable bonds is 4. The second kappa shape index (κ2) is 5.60. The summed E-state index contributed by atoms with van der Waals surface area (Å²) in [7, 11) is -7.58. The Morgan fingerprint density at radius 3 is 1.47 bits per heavy atom. The quantitative estimate of drug-likeness (QED) is 0.788. The minimum absolute atomic E-state index is 0.182. The SMILES string of the molecule is [CH2]c1cc(S(=O)(=O)C(C)Cl)cc(S(=O)(=O)C(C)Cl)c1. The molecule has 0 aliphatic rings. The number of sulfone groups is 2. The predicted molar refractivity (Wildman–Crippen MR) is 75.9 cm³/mol. The number of benzene rings is 1. The number of hydrogen-bond acceptors (Lipinski definition) is 4. The van der Waals surface area contributed by atoms with Crippen LogP contribution in [0.25, 0.3) is 0 Å². The van der Waals surface area contributed by atoms with Gasteiger partial charge in [0.2, 0.25) is 0 Å². The monoisotopic (exact) mass is 343 g/mol. The number of halogens is 2. The van der Waals surface area contributed by atoms with Crippen molar-refractivity contribution in [1.29, 1.82) is 0 Å². The second-order valence-electron chi connectivity index (χ2n) is 3.99. The van der Waals surface area contributed by atoms with Crippen LogP contribution >= 0.6 is 23.2 Å². The first-order valence-corrected chi connectivity index (χ1v) is 9.19. The second-order valence-corrected chi connectivity index (χ2v) is 10.4. The van der Waals surface area contributed by atoms with Crippen LogP contribution < -0.4 is 0 Å². The van der Waals surface area contributed by atoms with Gasteiger partial charge in [0, 0.05) is 0 Å². The van der Waals surface area contributed by atoms with Gasteiger partial charge >= 0.3 is 0 Å². The van der Waals surface area contributed by atoms with Crippen molar-refractivity contribution < 1.29 is 16.8 Å². The van der Waals surface area contributed by atoms with E-state index < -0.39 is 29.1 Å². The minimum Gasteiger partial charge on any atom is -0.222 e. The normalized spacial score (nSPS) is 16.1. The van der Waals surface area contributed by atoms with Gasteiger partial charge in [0.1, 0.15) is 9.42 Å². The molecule has 8 heteroatoms. The van der Waals surface area contributed by atoms with Crippen molar-refractivity contribution in [1.82, 2.24) is 0 Å². The van der Waals surface area contributed by atoms with Gasteiger partial charge in [-0.05, 0) is 44.5 Å². The lowest BCUT2D eigenvalue weighted by molar-refractivity contribution is 0.592. The summed E-state index contributed by atoms with van der Waals surface area (Å²) >= 11 is 11.2. The summed E-state index contributed by atoms with van der Waals surface area (Å²) in [5, 5.41) is 0. The van der Waals surface area contributed by atoms with E-state index in [0.29, 0.717) is 0 Å². The zero-order valence-corrected chi connectivity index (χ0v) is 13.4. The first kappa shape index (κ1) is 16.8. The Labute approximate surface area is 123 Å². The molecule has 4 nitrogen and oxygen atoms in total. The van der Waals surface area contributed by atoms with E-state index in [0.717, 1.165) is 6.07 Å². The summed E-state index contributed by atoms with van der Waals surface area (Å²) in [4.78, 5) is -0.364. The lowest BCUT2D eigenvalue weighted by atomic mass is 10.2. The Morgan fingerprint density at radius 2 is 1.21 bits per heavy atom. The van der Waals surface area contributed by atoms with E-state index in [9.17, 15) is 16.8 Å². The van der Waals surface area contributed by atoms with Crippen molar-refractivity contribution in [3.8, 4) is 0 Å². The molecule has 0 saturated heterocycles. The van der Waals surface area contributed by atoms with Gasteiger partial charge in [-0.3, -0.25) is 0 Å². The fraction of sp³-hybridized carbons (Fsp3) is 0.364. The van der Waals surface area contributed by atoms with Crippen LogP contribution in [0.1, 0.15) is 19.4 Å². The molecular weight excluding hydrogens is 331 g/mol. The van der Waals surface area contributed by atoms with E-state index in [2.05, 4.69) is 6.92 Å². The van der Waals surface area contributed by atoms with E-state index in [1.165, 1.54) is 26.0 Å². The Bertz CT molecular complexity index is 620. The van der Waals surface area contributed by atoms with Crippen LogP contribution in [0.2, 0.25) is 0 Å². The van der Waals surface area contributed by atoms with Crippen LogP contribution in [-0.4, -0.2) is 26.3 Å². The van der Waals surface area contributed by atoms with Crippen molar-refractivity contribution in [2.24, 2.45) is 0 Å². The smallest absolute Gasteiger partial charge is 0.194 e. The largest absolute Gasteiger partial charge is 0.222 e. The van der Waals surface area contributed by atoms with Gasteiger partial charge in [0.15, 0.2) is 19.7 Å². The van der Waals surface area contributed by atoms with E-state index in [-0.39, 0.29) is 15.4 Å². The molecule has 19 heavy (non-hydrogen) atoms. The van der Waals surface area contributed by atoms with E-state index in [1.807, 2.05) is 0 Å². The molecule has 0 bridgehead atoms. The Hall–Kier alpha value is -0.300. The molecule has 0 aromatic heterocycles. The van der Waals surface area contributed by atoms with Crippen molar-refractivity contribution in [2.45, 2.75) is 33.1 Å². The molecule has 0 N–H and O–H groups in total. The highest BCUT2D eigenvalue weighted by atomic mass is 35.5. The standard InChI is InChI=1S/C11H13Cl2O4S2/c1-7-4-10(18(14,15)8(2)12)6-11(5-7)19(16,17)9(3)13/h4-6,8-9H,1H2,2-3H3. The maximum Gasteiger partial charge on any atom is 0.194 e. The van der Waals surface area contributed by atoms with Crippen molar-refractivity contribution in [2.75, 3.05) is 0 Å². The van der Waals surface area contributed by atoms with Crippen LogP contribution in [0.4, 0.5) is 0 Å². The van der Waals surface area contributed by atoms with Crippen LogP contribution in [0.5, 0.6) is 0 Å². The minimum atomic E-state index is -3.79. The maximum absolute atomic E-state index is 11.9. The molecule has 1 rings (SSSR count). The highest BCUT2D eigenvalue weighted by Crippen LogP contribution is 2.26. The zero-order valence-electron chi connectivity index (χ0n) is 10.3. The third kappa shape index (κ3) is 3.42. The molecule has 0 heterocycles. The summed E-state index contributed by atoms with van der Waals surface area (Å²) in [5.74, 6) is 0. The summed E-state index contributed by atoms with van der Waals surface area (Å²) < 4.78 is 45.4. The first-order chi connectivity index (χ1) is 8.49. The van der Waals surface area contributed by atoms with Crippen LogP contribution in [-0.2, 0) is 19.7 Å². The number of alkyl halides is 2. The Morgan fingerprint density at radius 1 is 0.895 bits per heavy atom. The van der Waals surface area contributed by atoms with Crippen molar-refractivity contribution >= 4 is 42.9 Å². The molecular formula is C11H13Cl2O4S2. The van der Waals surface area contributed by atoms with Gasteiger partial charge in [0.05, 0.1) is 9.79 Å². The summed E-state index contributed by atoms with van der Waals surface area (Å²) in [5.41, 5.74) is 0.259. The van der Waals surface area contributed by atoms with Gasteiger partial charge in [0.25, 0.3) is 0 Å². The molecule has 0 aliphatic carbocycles. The van der Waals surface area contributed by atoms with Crippen LogP contribution in [0.15, 0.2) is 28.0 Å². The van der Waals surface area contributed by atoms with Gasteiger partial charge in [-0.1, -0.05) is 0 Å². The van der Waals surface area contributed by atoms with E-state index in [4.69, 9.17) is 23.2 Å². The molecule has 1 radical (unpaired) electrons. The molecule has 0 fully saturated rings. The Balaban J connectivity index is 3.56. The van der Waals surface area contributed by atoms with Gasteiger partial charge in [-0.15, -0.1) is 23.2 Å². The summed E-state index contributed by atoms with van der Waals surface area (Å²) in [6.45, 7) is 6.17. The fourth-order valence-corrected chi connectivity index (χ4v) is 3.99. The van der Waals surface area contributed by atoms with Gasteiger partial charge in [-0.2, -0.15) is 0 Å². The third-order valence-corrected chi connectivity index (χ3v) is 7.36. The molecule has 0 saturated carbocycles. The van der Waals surface area contributed by atoms with E-state index in [1.54, 1.807) is 0 Å². The van der Waals surface area contributed by atoms with Gasteiger partial charge < -0.3 is 0 Å². The van der Waals surface area contributed by atoms with Crippen LogP contribution in [0.3, 0.4) is 0 Å². The average molecular weight is 344 g/mol. The summed E-state index contributed by atoms with van der Waals surface area (Å²) in [6.07, 6.45) is 0. The highest BCUT2D eigenvalue weighted by Gasteiger charge is 2.26. The average Bonchev–Trinajstić information content (AvgIpc) is 2.27. The summed E-state index contributed by atoms with van der Waals surface area (Å²) in [6, 6.07) is 3.59. The van der Waals surface area contributed by atoms with Crippen molar-refractivity contribution in [3.05, 3.63) is 30.7 Å². The van der Waals surface area contributed by atoms with Gasteiger partial charge in [-0.25, -0.2) is 16.8 Å². The van der Waals surface area contributed by atoms with Crippen molar-refractivity contribution in [3.63, 3.8) is 0 Å². The molecule has 2 unspecified atom stereocenters. The van der Waals surface area contributed by atoms with Crippen LogP contribution in [0, 0.1) is 6.92 Å². The molecule has 0 spiro atoms. The lowest BCUT2D eigenvalue weighted by Crippen LogP contribution is -2.15. The predicted octanol–water partition coefficient (Wildman–Crippen LogP) is 2.59. The third-order valence-electron chi connectivity index (χ3n) is 2.45. The Kier molecular flexibility index (Phi) is 4.93. The molecule has 0 amide bonds. The molecule has 0 aliphatic heterocycles. The molecule has 1 aromatic rings.